The van der Waals surface area contributed by atoms with Crippen LogP contribution < -0.4 is 0 Å². The van der Waals surface area contributed by atoms with Gasteiger partial charge in [0, 0.05) is 31.6 Å². The summed E-state index contributed by atoms with van der Waals surface area (Å²) in [6, 6.07) is 0.576. The summed E-state index contributed by atoms with van der Waals surface area (Å²) in [5, 5.41) is 3.16. The summed E-state index contributed by atoms with van der Waals surface area (Å²) >= 11 is 1.67. The molecule has 124 valence electrons. The van der Waals surface area contributed by atoms with E-state index in [2.05, 4.69) is 15.3 Å². The van der Waals surface area contributed by atoms with Crippen LogP contribution in [0.25, 0.3) is 0 Å². The normalized spacial score (nSPS) is 28.9. The number of thiazole rings is 1. The molecule has 2 saturated heterocycles. The molecule has 3 rings (SSSR count). The largest absolute Gasteiger partial charge is 0.383 e. The Labute approximate surface area is 136 Å². The van der Waals surface area contributed by atoms with Gasteiger partial charge < -0.3 is 14.2 Å². The Morgan fingerprint density at radius 2 is 2.32 bits per heavy atom. The lowest BCUT2D eigenvalue weighted by molar-refractivity contribution is -0.102. The van der Waals surface area contributed by atoms with Gasteiger partial charge in [0.1, 0.15) is 0 Å². The molecular formula is C16H26N2O3S. The molecule has 2 aliphatic rings. The standard InChI is InChI=1S/C16H26N2O3S/c1-12-17-13(11-22-12)9-20-10-14-3-4-15-16(21-14)5-6-18(15)7-8-19-2/h11,14-16H,3-10H2,1-2H3/t14-,15-,16-/m0/s1. The van der Waals surface area contributed by atoms with Crippen molar-refractivity contribution in [3.05, 3.63) is 16.1 Å². The number of hydrogen-bond donors (Lipinski definition) is 0. The maximum absolute atomic E-state index is 6.24. The van der Waals surface area contributed by atoms with E-state index in [-0.39, 0.29) is 6.10 Å². The van der Waals surface area contributed by atoms with Crippen LogP contribution in [0.5, 0.6) is 0 Å². The lowest BCUT2D eigenvalue weighted by Gasteiger charge is -2.35. The smallest absolute Gasteiger partial charge is 0.0898 e. The second-order valence-electron chi connectivity index (χ2n) is 6.13. The molecule has 3 heterocycles. The molecule has 5 nitrogen and oxygen atoms in total. The quantitative estimate of drug-likeness (QED) is 0.769. The van der Waals surface area contributed by atoms with Gasteiger partial charge in [-0.15, -0.1) is 11.3 Å². The number of aromatic nitrogens is 1. The predicted molar refractivity (Wildman–Crippen MR) is 86.3 cm³/mol. The molecule has 0 aliphatic carbocycles. The molecule has 0 bridgehead atoms. The number of hydrogen-bond acceptors (Lipinski definition) is 6. The van der Waals surface area contributed by atoms with Gasteiger partial charge in [-0.25, -0.2) is 4.98 Å². The third kappa shape index (κ3) is 4.06. The Hall–Kier alpha value is -0.530. The molecular weight excluding hydrogens is 300 g/mol. The van der Waals surface area contributed by atoms with Crippen LogP contribution in [0.15, 0.2) is 5.38 Å². The highest BCUT2D eigenvalue weighted by Crippen LogP contribution is 2.31. The van der Waals surface area contributed by atoms with Gasteiger partial charge in [0.05, 0.1) is 42.7 Å². The van der Waals surface area contributed by atoms with Crippen molar-refractivity contribution in [3.8, 4) is 0 Å². The fraction of sp³-hybridized carbons (Fsp3) is 0.812. The molecule has 1 aromatic rings. The van der Waals surface area contributed by atoms with E-state index in [1.54, 1.807) is 18.4 Å². The van der Waals surface area contributed by atoms with Gasteiger partial charge in [-0.1, -0.05) is 0 Å². The Balaban J connectivity index is 1.39. The van der Waals surface area contributed by atoms with E-state index in [0.717, 1.165) is 43.2 Å². The summed E-state index contributed by atoms with van der Waals surface area (Å²) in [5.74, 6) is 0. The lowest BCUT2D eigenvalue weighted by Crippen LogP contribution is -2.44. The number of ether oxygens (including phenoxy) is 3. The minimum absolute atomic E-state index is 0.239. The van der Waals surface area contributed by atoms with Gasteiger partial charge in [-0.2, -0.15) is 0 Å². The second-order valence-corrected chi connectivity index (χ2v) is 7.19. The van der Waals surface area contributed by atoms with Crippen molar-refractivity contribution in [2.24, 2.45) is 0 Å². The van der Waals surface area contributed by atoms with Crippen molar-refractivity contribution in [2.75, 3.05) is 33.4 Å². The van der Waals surface area contributed by atoms with Gasteiger partial charge >= 0.3 is 0 Å². The molecule has 22 heavy (non-hydrogen) atoms. The molecule has 6 heteroatoms. The SMILES string of the molecule is COCCN1CC[C@@H]2O[C@H](COCc3csc(C)n3)CC[C@@H]21. The van der Waals surface area contributed by atoms with Gasteiger partial charge in [0.15, 0.2) is 0 Å². The van der Waals surface area contributed by atoms with E-state index < -0.39 is 0 Å². The summed E-state index contributed by atoms with van der Waals surface area (Å²) in [5.41, 5.74) is 1.03. The second kappa shape index (κ2) is 7.84. The molecule has 0 N–H and O–H groups in total. The first kappa shape index (κ1) is 16.3. The van der Waals surface area contributed by atoms with E-state index >= 15 is 0 Å². The van der Waals surface area contributed by atoms with E-state index in [1.807, 2.05) is 6.92 Å². The van der Waals surface area contributed by atoms with Crippen LogP contribution in [0.2, 0.25) is 0 Å². The Bertz CT molecular complexity index is 468. The number of nitrogens with zero attached hydrogens (tertiary/aromatic N) is 2. The molecule has 0 spiro atoms. The highest BCUT2D eigenvalue weighted by Gasteiger charge is 2.39. The number of aryl methyl sites for hydroxylation is 1. The molecule has 2 aliphatic heterocycles. The summed E-state index contributed by atoms with van der Waals surface area (Å²) in [7, 11) is 1.77. The monoisotopic (exact) mass is 326 g/mol. The highest BCUT2D eigenvalue weighted by molar-refractivity contribution is 7.09. The van der Waals surface area contributed by atoms with Gasteiger partial charge in [0.25, 0.3) is 0 Å². The van der Waals surface area contributed by atoms with Crippen LogP contribution >= 0.6 is 11.3 Å². The highest BCUT2D eigenvalue weighted by atomic mass is 32.1. The van der Waals surface area contributed by atoms with Crippen LogP contribution in [0.3, 0.4) is 0 Å². The van der Waals surface area contributed by atoms with Crippen molar-refractivity contribution < 1.29 is 14.2 Å². The van der Waals surface area contributed by atoms with E-state index in [0.29, 0.717) is 25.4 Å². The zero-order valence-electron chi connectivity index (χ0n) is 13.5. The third-order valence-corrected chi connectivity index (χ3v) is 5.38. The average molecular weight is 326 g/mol. The number of fused-ring (bicyclic) bond motifs is 1. The minimum Gasteiger partial charge on any atom is -0.383 e. The fourth-order valence-electron chi connectivity index (χ4n) is 3.46. The van der Waals surface area contributed by atoms with Crippen molar-refractivity contribution in [1.29, 1.82) is 0 Å². The topological polar surface area (TPSA) is 43.8 Å². The van der Waals surface area contributed by atoms with E-state index in [1.165, 1.54) is 6.42 Å². The van der Waals surface area contributed by atoms with Gasteiger partial charge in [0.2, 0.25) is 0 Å². The van der Waals surface area contributed by atoms with E-state index in [9.17, 15) is 0 Å². The lowest BCUT2D eigenvalue weighted by atomic mass is 9.99. The summed E-state index contributed by atoms with van der Waals surface area (Å²) < 4.78 is 17.2. The minimum atomic E-state index is 0.239. The molecule has 0 amide bonds. The molecule has 3 atom stereocenters. The predicted octanol–water partition coefficient (Wildman–Crippen LogP) is 2.24. The summed E-state index contributed by atoms with van der Waals surface area (Å²) in [6.07, 6.45) is 4.04. The first-order valence-electron chi connectivity index (χ1n) is 8.13. The Morgan fingerprint density at radius 3 is 3.09 bits per heavy atom. The maximum atomic E-state index is 6.24. The zero-order chi connectivity index (χ0) is 15.4. The maximum Gasteiger partial charge on any atom is 0.0898 e. The first-order valence-corrected chi connectivity index (χ1v) is 9.01. The summed E-state index contributed by atoms with van der Waals surface area (Å²) in [4.78, 5) is 6.94. The Morgan fingerprint density at radius 1 is 1.41 bits per heavy atom. The average Bonchev–Trinajstić information content (AvgIpc) is 3.11. The van der Waals surface area contributed by atoms with Crippen LogP contribution in [0.4, 0.5) is 0 Å². The van der Waals surface area contributed by atoms with Crippen molar-refractivity contribution in [2.45, 2.75) is 51.0 Å². The van der Waals surface area contributed by atoms with Crippen LogP contribution in [-0.2, 0) is 20.8 Å². The molecule has 1 aromatic heterocycles. The number of rotatable bonds is 7. The van der Waals surface area contributed by atoms with Crippen LogP contribution in [0.1, 0.15) is 30.0 Å². The Kier molecular flexibility index (Phi) is 5.82. The molecule has 2 fully saturated rings. The number of methoxy groups -OCH3 is 1. The molecule has 0 unspecified atom stereocenters. The van der Waals surface area contributed by atoms with Gasteiger partial charge in [-0.3, -0.25) is 4.90 Å². The van der Waals surface area contributed by atoms with Crippen molar-refractivity contribution in [3.63, 3.8) is 0 Å². The first-order chi connectivity index (χ1) is 10.8. The van der Waals surface area contributed by atoms with Crippen molar-refractivity contribution in [1.82, 2.24) is 9.88 Å². The zero-order valence-corrected chi connectivity index (χ0v) is 14.3. The molecule has 0 saturated carbocycles. The fourth-order valence-corrected chi connectivity index (χ4v) is 4.06. The van der Waals surface area contributed by atoms with Crippen LogP contribution in [-0.4, -0.2) is 61.5 Å². The van der Waals surface area contributed by atoms with Crippen LogP contribution in [0, 0.1) is 6.92 Å². The molecule has 0 radical (unpaired) electrons. The van der Waals surface area contributed by atoms with Gasteiger partial charge in [-0.05, 0) is 26.2 Å². The van der Waals surface area contributed by atoms with E-state index in [4.69, 9.17) is 14.2 Å². The number of likely N-dealkylation sites (tertiary alicyclic amines) is 1. The van der Waals surface area contributed by atoms with Crippen molar-refractivity contribution >= 4 is 11.3 Å². The summed E-state index contributed by atoms with van der Waals surface area (Å²) in [6.45, 7) is 6.25. The third-order valence-electron chi connectivity index (χ3n) is 4.55. The molecule has 0 aromatic carbocycles.